The molecule has 0 radical (unpaired) electrons. The molecular weight excluding hydrogens is 348 g/mol. The highest BCUT2D eigenvalue weighted by molar-refractivity contribution is 5.77. The van der Waals surface area contributed by atoms with Gasteiger partial charge in [0.05, 0.1) is 5.41 Å². The van der Waals surface area contributed by atoms with Crippen molar-refractivity contribution in [3.05, 3.63) is 0 Å². The number of hydrogen-bond acceptors (Lipinski definition) is 3. The molecule has 0 heterocycles. The van der Waals surface area contributed by atoms with E-state index in [0.29, 0.717) is 24.2 Å². The minimum Gasteiger partial charge on any atom is -0.459 e. The molecule has 2 saturated carbocycles. The first-order valence-electron chi connectivity index (χ1n) is 11.6. The van der Waals surface area contributed by atoms with Crippen molar-refractivity contribution in [3.8, 4) is 0 Å². The van der Waals surface area contributed by atoms with E-state index in [0.717, 1.165) is 32.1 Å². The molecule has 6 unspecified atom stereocenters. The van der Waals surface area contributed by atoms with Crippen molar-refractivity contribution in [2.45, 2.75) is 119 Å². The molecule has 6 atom stereocenters. The molecule has 2 bridgehead atoms. The van der Waals surface area contributed by atoms with Crippen LogP contribution >= 0.6 is 0 Å². The number of ether oxygens (including phenoxy) is 1. The zero-order valence-corrected chi connectivity index (χ0v) is 20.0. The van der Waals surface area contributed by atoms with E-state index < -0.39 is 11.0 Å². The van der Waals surface area contributed by atoms with Crippen LogP contribution in [0, 0.1) is 34.0 Å². The maximum absolute atomic E-state index is 13.7. The van der Waals surface area contributed by atoms with Gasteiger partial charge in [0.1, 0.15) is 11.7 Å². The number of carbonyl (C=O) groups is 1. The van der Waals surface area contributed by atoms with E-state index >= 15 is 0 Å². The summed E-state index contributed by atoms with van der Waals surface area (Å²) in [5.74, 6) is 1.40. The smallest absolute Gasteiger partial charge is 0.312 e. The third-order valence-electron chi connectivity index (χ3n) is 8.42. The summed E-state index contributed by atoms with van der Waals surface area (Å²) in [6.45, 7) is 19.5. The van der Waals surface area contributed by atoms with Crippen LogP contribution in [-0.4, -0.2) is 22.8 Å². The number of aliphatic hydroxyl groups is 1. The molecule has 0 aromatic carbocycles. The summed E-state index contributed by atoms with van der Waals surface area (Å²) in [5, 5.41) is 11.5. The molecular formula is C25H46O3. The third kappa shape index (κ3) is 4.60. The minimum absolute atomic E-state index is 0.0686. The van der Waals surface area contributed by atoms with E-state index in [9.17, 15) is 9.90 Å². The summed E-state index contributed by atoms with van der Waals surface area (Å²) in [6, 6.07) is 0. The zero-order chi connectivity index (χ0) is 21.5. The molecule has 2 aliphatic rings. The molecule has 0 saturated heterocycles. The lowest BCUT2D eigenvalue weighted by atomic mass is 9.59. The van der Waals surface area contributed by atoms with Gasteiger partial charge in [-0.25, -0.2) is 0 Å². The molecule has 0 aliphatic heterocycles. The van der Waals surface area contributed by atoms with Crippen molar-refractivity contribution in [1.29, 1.82) is 0 Å². The van der Waals surface area contributed by atoms with Gasteiger partial charge in [0.2, 0.25) is 0 Å². The summed E-state index contributed by atoms with van der Waals surface area (Å²) in [6.07, 6.45) is 6.23. The summed E-state index contributed by atoms with van der Waals surface area (Å²) < 4.78 is 6.33. The molecule has 3 nitrogen and oxygen atoms in total. The van der Waals surface area contributed by atoms with Crippen LogP contribution in [0.1, 0.15) is 107 Å². The van der Waals surface area contributed by atoms with E-state index in [1.165, 1.54) is 6.42 Å². The van der Waals surface area contributed by atoms with E-state index in [2.05, 4.69) is 55.4 Å². The van der Waals surface area contributed by atoms with E-state index in [1.807, 2.05) is 6.92 Å². The quantitative estimate of drug-likeness (QED) is 0.532. The summed E-state index contributed by atoms with van der Waals surface area (Å²) in [7, 11) is 0. The first kappa shape index (κ1) is 23.7. The maximum Gasteiger partial charge on any atom is 0.312 e. The van der Waals surface area contributed by atoms with Gasteiger partial charge in [0.25, 0.3) is 0 Å². The topological polar surface area (TPSA) is 46.5 Å². The fraction of sp³-hybridized carbons (Fsp3) is 0.960. The molecule has 0 aromatic rings. The van der Waals surface area contributed by atoms with Crippen LogP contribution in [0.3, 0.4) is 0 Å². The van der Waals surface area contributed by atoms with Crippen molar-refractivity contribution < 1.29 is 14.6 Å². The Morgan fingerprint density at radius 1 is 1.07 bits per heavy atom. The average molecular weight is 395 g/mol. The van der Waals surface area contributed by atoms with Crippen molar-refractivity contribution in [2.24, 2.45) is 34.0 Å². The Morgan fingerprint density at radius 2 is 1.68 bits per heavy atom. The van der Waals surface area contributed by atoms with Crippen LogP contribution in [-0.2, 0) is 9.53 Å². The highest BCUT2D eigenvalue weighted by Crippen LogP contribution is 2.52. The van der Waals surface area contributed by atoms with E-state index in [4.69, 9.17) is 4.74 Å². The van der Waals surface area contributed by atoms with Crippen molar-refractivity contribution in [3.63, 3.8) is 0 Å². The normalized spacial score (nSPS) is 35.9. The van der Waals surface area contributed by atoms with Crippen LogP contribution in [0.2, 0.25) is 0 Å². The van der Waals surface area contributed by atoms with Crippen molar-refractivity contribution >= 4 is 5.97 Å². The van der Waals surface area contributed by atoms with Gasteiger partial charge in [-0.05, 0) is 74.0 Å². The largest absolute Gasteiger partial charge is 0.459 e. The molecule has 2 fully saturated rings. The average Bonchev–Trinajstić information content (AvgIpc) is 2.56. The standard InChI is InChI=1S/C25H46O3/c1-10-23(7,8)16-24(9,22(4,5)6)21(26)28-20-19-13-17(3)12-18(14-19)15-25(20,27)11-2/h17-20,27H,10-16H2,1-9H3. The molecule has 0 amide bonds. The Morgan fingerprint density at radius 3 is 2.18 bits per heavy atom. The molecule has 0 spiro atoms. The van der Waals surface area contributed by atoms with Gasteiger partial charge in [0.15, 0.2) is 0 Å². The molecule has 2 aliphatic carbocycles. The predicted molar refractivity (Wildman–Crippen MR) is 116 cm³/mol. The second-order valence-electron chi connectivity index (χ2n) is 12.2. The van der Waals surface area contributed by atoms with Crippen LogP contribution in [0.15, 0.2) is 0 Å². The van der Waals surface area contributed by atoms with Crippen LogP contribution < -0.4 is 0 Å². The maximum atomic E-state index is 13.7. The first-order chi connectivity index (χ1) is 12.7. The van der Waals surface area contributed by atoms with Crippen LogP contribution in [0.4, 0.5) is 0 Å². The summed E-state index contributed by atoms with van der Waals surface area (Å²) in [4.78, 5) is 13.7. The van der Waals surface area contributed by atoms with E-state index in [-0.39, 0.29) is 22.9 Å². The second-order valence-corrected chi connectivity index (χ2v) is 12.2. The number of rotatable bonds is 6. The number of fused-ring (bicyclic) bond motifs is 2. The van der Waals surface area contributed by atoms with Crippen molar-refractivity contribution in [2.75, 3.05) is 0 Å². The van der Waals surface area contributed by atoms with E-state index in [1.54, 1.807) is 0 Å². The third-order valence-corrected chi connectivity index (χ3v) is 8.42. The molecule has 1 N–H and O–H groups in total. The van der Waals surface area contributed by atoms with Gasteiger partial charge in [-0.2, -0.15) is 0 Å². The lowest BCUT2D eigenvalue weighted by molar-refractivity contribution is -0.209. The summed E-state index contributed by atoms with van der Waals surface area (Å²) in [5.41, 5.74) is -1.60. The molecule has 3 heteroatoms. The molecule has 0 aromatic heterocycles. The van der Waals surface area contributed by atoms with Gasteiger partial charge in [-0.1, -0.05) is 61.8 Å². The lowest BCUT2D eigenvalue weighted by Gasteiger charge is -2.52. The monoisotopic (exact) mass is 394 g/mol. The molecule has 164 valence electrons. The van der Waals surface area contributed by atoms with Crippen LogP contribution in [0.25, 0.3) is 0 Å². The first-order valence-corrected chi connectivity index (χ1v) is 11.6. The van der Waals surface area contributed by atoms with Gasteiger partial charge < -0.3 is 9.84 Å². The van der Waals surface area contributed by atoms with Crippen LogP contribution in [0.5, 0.6) is 0 Å². The SMILES string of the molecule is CCC(C)(C)CC(C)(C(=O)OC1C2CC(C)CC(C2)CC1(O)CC)C(C)(C)C. The fourth-order valence-electron chi connectivity index (χ4n) is 5.79. The highest BCUT2D eigenvalue weighted by atomic mass is 16.6. The van der Waals surface area contributed by atoms with Gasteiger partial charge in [0, 0.05) is 0 Å². The molecule has 28 heavy (non-hydrogen) atoms. The minimum atomic E-state index is -0.873. The molecule has 2 rings (SSSR count). The van der Waals surface area contributed by atoms with Gasteiger partial charge in [-0.3, -0.25) is 4.79 Å². The van der Waals surface area contributed by atoms with Gasteiger partial charge >= 0.3 is 5.97 Å². The second kappa shape index (κ2) is 7.93. The Labute approximate surface area is 174 Å². The Bertz CT molecular complexity index is 559. The Kier molecular flexibility index (Phi) is 6.71. The number of carbonyl (C=O) groups excluding carboxylic acids is 1. The van der Waals surface area contributed by atoms with Crippen molar-refractivity contribution in [1.82, 2.24) is 0 Å². The van der Waals surface area contributed by atoms with Gasteiger partial charge in [-0.15, -0.1) is 0 Å². The lowest BCUT2D eigenvalue weighted by Crippen LogP contribution is -2.57. The number of hydrogen-bond donors (Lipinski definition) is 1. The number of esters is 1. The summed E-state index contributed by atoms with van der Waals surface area (Å²) >= 11 is 0. The highest BCUT2D eigenvalue weighted by Gasteiger charge is 2.54. The Balaban J connectivity index is 2.32. The zero-order valence-electron chi connectivity index (χ0n) is 20.0. The Hall–Kier alpha value is -0.570. The predicted octanol–water partition coefficient (Wildman–Crippen LogP) is 6.37. The fourth-order valence-corrected chi connectivity index (χ4v) is 5.79.